The molecule has 0 bridgehead atoms. The molecule has 32 heavy (non-hydrogen) atoms. The lowest BCUT2D eigenvalue weighted by molar-refractivity contribution is 0.376. The van der Waals surface area contributed by atoms with Crippen LogP contribution in [0.15, 0.2) is 36.4 Å². The Morgan fingerprint density at radius 2 is 1.84 bits per heavy atom. The molecule has 0 unspecified atom stereocenters. The average Bonchev–Trinajstić information content (AvgIpc) is 3.27. The maximum atomic E-state index is 12.2. The summed E-state index contributed by atoms with van der Waals surface area (Å²) in [4.78, 5) is 6.20. The maximum absolute atomic E-state index is 12.2. The van der Waals surface area contributed by atoms with Gasteiger partial charge in [0, 0.05) is 28.0 Å². The van der Waals surface area contributed by atoms with Crippen molar-refractivity contribution in [2.45, 2.75) is 18.7 Å². The van der Waals surface area contributed by atoms with Crippen LogP contribution in [0.25, 0.3) is 21.3 Å². The number of hydrogen-bond donors (Lipinski definition) is 2. The van der Waals surface area contributed by atoms with Gasteiger partial charge in [-0.2, -0.15) is 0 Å². The maximum Gasteiger partial charge on any atom is 0.194 e. The van der Waals surface area contributed by atoms with E-state index in [4.69, 9.17) is 21.3 Å². The van der Waals surface area contributed by atoms with Crippen molar-refractivity contribution in [3.63, 3.8) is 0 Å². The second-order valence-electron chi connectivity index (χ2n) is 7.64. The summed E-state index contributed by atoms with van der Waals surface area (Å²) in [6.45, 7) is 0.0590. The quantitative estimate of drug-likeness (QED) is 0.441. The van der Waals surface area contributed by atoms with Crippen LogP contribution >= 0.6 is 22.9 Å². The van der Waals surface area contributed by atoms with Crippen LogP contribution in [0.5, 0.6) is 17.5 Å². The number of aryl methyl sites for hydroxylation is 1. The predicted octanol–water partition coefficient (Wildman–Crippen LogP) is 4.36. The lowest BCUT2D eigenvalue weighted by Crippen LogP contribution is -2.17. The number of hydrogen-bond acceptors (Lipinski definition) is 7. The molecule has 0 amide bonds. The number of sulfone groups is 1. The smallest absolute Gasteiger partial charge is 0.194 e. The van der Waals surface area contributed by atoms with Crippen LogP contribution in [0, 0.1) is 0 Å². The number of halogens is 1. The summed E-state index contributed by atoms with van der Waals surface area (Å²) in [7, 11) is -1.55. The van der Waals surface area contributed by atoms with Crippen LogP contribution in [-0.4, -0.2) is 41.0 Å². The van der Waals surface area contributed by atoms with Gasteiger partial charge in [0.05, 0.1) is 35.9 Å². The van der Waals surface area contributed by atoms with E-state index in [1.54, 1.807) is 7.11 Å². The molecule has 0 aliphatic carbocycles. The molecule has 0 spiro atoms. The fraction of sp³-hybridized carbons (Fsp3) is 0.227. The van der Waals surface area contributed by atoms with Gasteiger partial charge in [0.2, 0.25) is 0 Å². The molecule has 5 rings (SSSR count). The van der Waals surface area contributed by atoms with Crippen LogP contribution in [0.1, 0.15) is 16.1 Å². The third-order valence-corrected chi connectivity index (χ3v) is 8.94. The molecule has 4 aromatic rings. The molecule has 1 aliphatic rings. The van der Waals surface area contributed by atoms with E-state index in [-0.39, 0.29) is 29.8 Å². The van der Waals surface area contributed by atoms with Crippen molar-refractivity contribution < 1.29 is 23.4 Å². The highest BCUT2D eigenvalue weighted by Gasteiger charge is 2.29. The predicted molar refractivity (Wildman–Crippen MR) is 125 cm³/mol. The summed E-state index contributed by atoms with van der Waals surface area (Å²) in [6.07, 6.45) is 0.414. The zero-order chi connectivity index (χ0) is 22.6. The largest absolute Gasteiger partial charge is 0.497 e. The summed E-state index contributed by atoms with van der Waals surface area (Å²) < 4.78 is 31.0. The van der Waals surface area contributed by atoms with E-state index in [1.165, 1.54) is 28.0 Å². The van der Waals surface area contributed by atoms with Crippen molar-refractivity contribution in [3.8, 4) is 28.6 Å². The number of aromatic nitrogens is 2. The molecule has 10 heteroatoms. The number of benzene rings is 1. The number of ether oxygens (including phenoxy) is 1. The van der Waals surface area contributed by atoms with Crippen molar-refractivity contribution in [3.05, 3.63) is 57.6 Å². The Hall–Kier alpha value is -2.75. The zero-order valence-corrected chi connectivity index (χ0v) is 19.4. The topological polar surface area (TPSA) is 102 Å². The highest BCUT2D eigenvalue weighted by atomic mass is 35.5. The number of pyridine rings is 1. The van der Waals surface area contributed by atoms with Gasteiger partial charge in [0.1, 0.15) is 10.6 Å². The standard InChI is InChI=1S/C22H19ClN2O5S2/c1-30-13-4-2-12(3-5-13)19-20-14-8-9-32(28,29)11-16(14)31-22(20)24-15(21(19)23)10-25-17(26)6-7-18(25)27/h2-7,26-27H,8-11H2,1H3. The second kappa shape index (κ2) is 7.68. The molecule has 0 atom stereocenters. The van der Waals surface area contributed by atoms with Gasteiger partial charge >= 0.3 is 0 Å². The van der Waals surface area contributed by atoms with Crippen LogP contribution in [0.3, 0.4) is 0 Å². The summed E-state index contributed by atoms with van der Waals surface area (Å²) >= 11 is 8.24. The Bertz CT molecular complexity index is 1440. The number of rotatable bonds is 4. The number of nitrogens with zero attached hydrogens (tertiary/aromatic N) is 2. The Labute approximate surface area is 193 Å². The Kier molecular flexibility index (Phi) is 5.07. The van der Waals surface area contributed by atoms with Gasteiger partial charge in [-0.15, -0.1) is 11.3 Å². The molecule has 4 heterocycles. The first-order chi connectivity index (χ1) is 15.3. The number of thiophene rings is 1. The fourth-order valence-electron chi connectivity index (χ4n) is 4.06. The molecule has 0 saturated carbocycles. The van der Waals surface area contributed by atoms with Gasteiger partial charge in [-0.3, -0.25) is 4.57 Å². The van der Waals surface area contributed by atoms with E-state index >= 15 is 0 Å². The van der Waals surface area contributed by atoms with Gasteiger partial charge in [-0.05, 0) is 29.7 Å². The fourth-order valence-corrected chi connectivity index (χ4v) is 7.42. The number of aromatic hydroxyl groups is 2. The van der Waals surface area contributed by atoms with Crippen LogP contribution in [-0.2, 0) is 28.6 Å². The van der Waals surface area contributed by atoms with Gasteiger partial charge in [0.25, 0.3) is 0 Å². The Balaban J connectivity index is 1.77. The van der Waals surface area contributed by atoms with E-state index < -0.39 is 9.84 Å². The minimum atomic E-state index is -3.14. The molecule has 0 fully saturated rings. The molecule has 2 N–H and O–H groups in total. The summed E-state index contributed by atoms with van der Waals surface area (Å²) in [5.41, 5.74) is 3.04. The third-order valence-electron chi connectivity index (χ3n) is 5.67. The lowest BCUT2D eigenvalue weighted by atomic mass is 9.97. The van der Waals surface area contributed by atoms with Crippen molar-refractivity contribution in [1.82, 2.24) is 9.55 Å². The summed E-state index contributed by atoms with van der Waals surface area (Å²) in [6, 6.07) is 10.3. The van der Waals surface area contributed by atoms with Crippen molar-refractivity contribution in [1.29, 1.82) is 0 Å². The lowest BCUT2D eigenvalue weighted by Gasteiger charge is -2.16. The second-order valence-corrected chi connectivity index (χ2v) is 11.3. The SMILES string of the molecule is COc1ccc(-c2c(Cl)c(Cn3c(O)ccc3O)nc3sc4c(c23)CCS(=O)(=O)C4)cc1. The Morgan fingerprint density at radius 3 is 2.50 bits per heavy atom. The third kappa shape index (κ3) is 3.50. The van der Waals surface area contributed by atoms with E-state index in [1.807, 2.05) is 24.3 Å². The van der Waals surface area contributed by atoms with Crippen LogP contribution in [0.4, 0.5) is 0 Å². The van der Waals surface area contributed by atoms with Crippen LogP contribution in [0.2, 0.25) is 5.02 Å². The van der Waals surface area contributed by atoms with E-state index in [2.05, 4.69) is 0 Å². The average molecular weight is 491 g/mol. The summed E-state index contributed by atoms with van der Waals surface area (Å²) in [5, 5.41) is 21.4. The van der Waals surface area contributed by atoms with Crippen LogP contribution < -0.4 is 4.74 Å². The first-order valence-corrected chi connectivity index (χ1v) is 12.8. The van der Waals surface area contributed by atoms with Gasteiger partial charge in [0.15, 0.2) is 21.6 Å². The van der Waals surface area contributed by atoms with E-state index in [0.717, 1.165) is 27.0 Å². The molecule has 0 radical (unpaired) electrons. The van der Waals surface area contributed by atoms with Crippen molar-refractivity contribution >= 4 is 43.0 Å². The minimum absolute atomic E-state index is 0.00244. The monoisotopic (exact) mass is 490 g/mol. The van der Waals surface area contributed by atoms with Gasteiger partial charge in [-0.25, -0.2) is 13.4 Å². The minimum Gasteiger partial charge on any atom is -0.497 e. The molecule has 7 nitrogen and oxygen atoms in total. The van der Waals surface area contributed by atoms with Crippen molar-refractivity contribution in [2.24, 2.45) is 0 Å². The molecular weight excluding hydrogens is 472 g/mol. The molecule has 166 valence electrons. The first kappa shape index (κ1) is 21.1. The Morgan fingerprint density at radius 1 is 1.16 bits per heavy atom. The van der Waals surface area contributed by atoms with E-state index in [0.29, 0.717) is 27.7 Å². The normalized spacial score (nSPS) is 15.1. The molecule has 3 aromatic heterocycles. The van der Waals surface area contributed by atoms with Gasteiger partial charge in [-0.1, -0.05) is 23.7 Å². The van der Waals surface area contributed by atoms with Crippen molar-refractivity contribution in [2.75, 3.05) is 12.9 Å². The highest BCUT2D eigenvalue weighted by molar-refractivity contribution is 7.90. The number of methoxy groups -OCH3 is 1. The zero-order valence-electron chi connectivity index (χ0n) is 17.0. The molecule has 1 aromatic carbocycles. The number of fused-ring (bicyclic) bond motifs is 3. The molecular formula is C22H19ClN2O5S2. The molecule has 1 aliphatic heterocycles. The molecule has 0 saturated heterocycles. The van der Waals surface area contributed by atoms with Gasteiger partial charge < -0.3 is 14.9 Å². The summed E-state index contributed by atoms with van der Waals surface area (Å²) in [5.74, 6) is 0.581. The van der Waals surface area contributed by atoms with E-state index in [9.17, 15) is 18.6 Å². The highest BCUT2D eigenvalue weighted by Crippen LogP contribution is 2.45. The first-order valence-electron chi connectivity index (χ1n) is 9.82.